The van der Waals surface area contributed by atoms with E-state index < -0.39 is 5.41 Å². The number of aliphatic imine (C=N–C) groups is 1. The van der Waals surface area contributed by atoms with Gasteiger partial charge in [-0.15, -0.1) is 0 Å². The van der Waals surface area contributed by atoms with E-state index in [1.165, 1.54) is 0 Å². The molecule has 0 atom stereocenters. The summed E-state index contributed by atoms with van der Waals surface area (Å²) in [6, 6.07) is 0. The Morgan fingerprint density at radius 2 is 1.65 bits per heavy atom. The van der Waals surface area contributed by atoms with Crippen LogP contribution in [0.5, 0.6) is 0 Å². The first kappa shape index (κ1) is 15.7. The molecule has 0 aliphatic carbocycles. The van der Waals surface area contributed by atoms with Crippen LogP contribution < -0.4 is 5.32 Å². The van der Waals surface area contributed by atoms with E-state index in [9.17, 15) is 4.79 Å². The normalized spacial score (nSPS) is 10.8. The summed E-state index contributed by atoms with van der Waals surface area (Å²) >= 11 is 0. The van der Waals surface area contributed by atoms with Crippen molar-refractivity contribution in [1.82, 2.24) is 15.1 Å². The van der Waals surface area contributed by atoms with Crippen molar-refractivity contribution in [3.8, 4) is 0 Å². The van der Waals surface area contributed by atoms with Gasteiger partial charge in [-0.1, -0.05) is 0 Å². The lowest BCUT2D eigenvalue weighted by atomic mass is 9.92. The molecule has 0 aromatic rings. The minimum absolute atomic E-state index is 0.0422. The molecule has 0 spiro atoms. The number of rotatable bonds is 4. The first-order valence-corrected chi connectivity index (χ1v) is 5.89. The first-order valence-electron chi connectivity index (χ1n) is 5.89. The molecule has 17 heavy (non-hydrogen) atoms. The zero-order chi connectivity index (χ0) is 13.6. The fourth-order valence-corrected chi connectivity index (χ4v) is 1.42. The van der Waals surface area contributed by atoms with Crippen molar-refractivity contribution < 1.29 is 4.79 Å². The second-order valence-electron chi connectivity index (χ2n) is 5.15. The third kappa shape index (κ3) is 5.06. The van der Waals surface area contributed by atoms with Gasteiger partial charge in [-0.3, -0.25) is 9.79 Å². The molecule has 0 aliphatic heterocycles. The van der Waals surface area contributed by atoms with Crippen LogP contribution in [0.15, 0.2) is 4.99 Å². The van der Waals surface area contributed by atoms with E-state index >= 15 is 0 Å². The lowest BCUT2D eigenvalue weighted by molar-refractivity contribution is -0.128. The molecule has 1 amide bonds. The Bertz CT molecular complexity index is 272. The fourth-order valence-electron chi connectivity index (χ4n) is 1.42. The molecule has 100 valence electrons. The second-order valence-corrected chi connectivity index (χ2v) is 5.15. The van der Waals surface area contributed by atoms with Gasteiger partial charge in [0, 0.05) is 34.7 Å². The quantitative estimate of drug-likeness (QED) is 0.581. The molecule has 5 heteroatoms. The van der Waals surface area contributed by atoms with E-state index in [1.807, 2.05) is 58.8 Å². The third-order valence-electron chi connectivity index (χ3n) is 2.37. The molecule has 0 fully saturated rings. The number of nitrogens with one attached hydrogen (secondary N) is 1. The van der Waals surface area contributed by atoms with Crippen molar-refractivity contribution in [2.75, 3.05) is 41.3 Å². The Kier molecular flexibility index (Phi) is 5.99. The number of guanidine groups is 1. The van der Waals surface area contributed by atoms with Gasteiger partial charge in [0.15, 0.2) is 5.96 Å². The van der Waals surface area contributed by atoms with Gasteiger partial charge in [0.25, 0.3) is 0 Å². The molecule has 0 rings (SSSR count). The Hall–Kier alpha value is -1.26. The maximum absolute atomic E-state index is 11.8. The van der Waals surface area contributed by atoms with Crippen LogP contribution in [-0.4, -0.2) is 62.9 Å². The summed E-state index contributed by atoms with van der Waals surface area (Å²) in [4.78, 5) is 20.2. The summed E-state index contributed by atoms with van der Waals surface area (Å²) in [5.41, 5.74) is -0.479. The van der Waals surface area contributed by atoms with Crippen molar-refractivity contribution in [2.24, 2.45) is 10.4 Å². The van der Waals surface area contributed by atoms with Crippen molar-refractivity contribution in [1.29, 1.82) is 0 Å². The highest BCUT2D eigenvalue weighted by Gasteiger charge is 2.27. The Morgan fingerprint density at radius 3 is 2.00 bits per heavy atom. The average molecular weight is 242 g/mol. The number of nitrogens with zero attached hydrogens (tertiary/aromatic N) is 3. The van der Waals surface area contributed by atoms with Crippen LogP contribution in [0.1, 0.15) is 20.8 Å². The van der Waals surface area contributed by atoms with Crippen LogP contribution >= 0.6 is 0 Å². The summed E-state index contributed by atoms with van der Waals surface area (Å²) in [6.45, 7) is 6.86. The van der Waals surface area contributed by atoms with Crippen LogP contribution in [0.25, 0.3) is 0 Å². The van der Waals surface area contributed by atoms with Gasteiger partial charge in [0.05, 0.1) is 12.0 Å². The molecule has 5 nitrogen and oxygen atoms in total. The molecular weight excluding hydrogens is 216 g/mol. The smallest absolute Gasteiger partial charge is 0.227 e. The summed E-state index contributed by atoms with van der Waals surface area (Å²) in [5.74, 6) is 0.906. The Morgan fingerprint density at radius 1 is 1.18 bits per heavy atom. The van der Waals surface area contributed by atoms with Gasteiger partial charge >= 0.3 is 0 Å². The van der Waals surface area contributed by atoms with Gasteiger partial charge in [-0.2, -0.15) is 0 Å². The molecule has 0 aromatic heterocycles. The molecule has 0 aromatic carbocycles. The summed E-state index contributed by atoms with van der Waals surface area (Å²) in [7, 11) is 7.77. The van der Waals surface area contributed by atoms with Gasteiger partial charge in [0.1, 0.15) is 0 Å². The van der Waals surface area contributed by atoms with E-state index in [0.29, 0.717) is 13.1 Å². The SMILES string of the molecule is CCNC(=O)C(C)(C)CN=C(N(C)C)N(C)C. The van der Waals surface area contributed by atoms with E-state index in [1.54, 1.807) is 0 Å². The highest BCUT2D eigenvalue weighted by Crippen LogP contribution is 2.15. The Balaban J connectivity index is 4.70. The standard InChI is InChI=1S/C12H26N4O/c1-8-13-10(17)12(2,3)9-14-11(15(4)5)16(6)7/h8-9H2,1-7H3,(H,13,17). The lowest BCUT2D eigenvalue weighted by Crippen LogP contribution is -2.41. The number of hydrogen-bond donors (Lipinski definition) is 1. The fraction of sp³-hybridized carbons (Fsp3) is 0.833. The number of amides is 1. The third-order valence-corrected chi connectivity index (χ3v) is 2.37. The summed E-state index contributed by atoms with van der Waals surface area (Å²) in [6.07, 6.45) is 0. The number of carbonyl (C=O) groups excluding carboxylic acids is 1. The molecule has 0 saturated carbocycles. The monoisotopic (exact) mass is 242 g/mol. The van der Waals surface area contributed by atoms with Gasteiger partial charge < -0.3 is 15.1 Å². The molecule has 0 bridgehead atoms. The summed E-state index contributed by atoms with van der Waals surface area (Å²) < 4.78 is 0. The van der Waals surface area contributed by atoms with Crippen molar-refractivity contribution >= 4 is 11.9 Å². The van der Waals surface area contributed by atoms with Crippen LogP contribution in [0, 0.1) is 5.41 Å². The minimum Gasteiger partial charge on any atom is -0.356 e. The van der Waals surface area contributed by atoms with Crippen LogP contribution in [0.4, 0.5) is 0 Å². The largest absolute Gasteiger partial charge is 0.356 e. The highest BCUT2D eigenvalue weighted by atomic mass is 16.2. The van der Waals surface area contributed by atoms with Crippen molar-refractivity contribution in [3.05, 3.63) is 0 Å². The highest BCUT2D eigenvalue weighted by molar-refractivity contribution is 5.83. The number of carbonyl (C=O) groups is 1. The predicted octanol–water partition coefficient (Wildman–Crippen LogP) is 0.628. The maximum atomic E-state index is 11.8. The molecule has 1 N–H and O–H groups in total. The van der Waals surface area contributed by atoms with E-state index in [-0.39, 0.29) is 5.91 Å². The molecular formula is C12H26N4O. The molecule has 0 unspecified atom stereocenters. The van der Waals surface area contributed by atoms with Crippen molar-refractivity contribution in [3.63, 3.8) is 0 Å². The second kappa shape index (κ2) is 6.47. The van der Waals surface area contributed by atoms with Crippen molar-refractivity contribution in [2.45, 2.75) is 20.8 Å². The molecule has 0 aliphatic rings. The van der Waals surface area contributed by atoms with E-state index in [0.717, 1.165) is 5.96 Å². The van der Waals surface area contributed by atoms with Crippen LogP contribution in [-0.2, 0) is 4.79 Å². The summed E-state index contributed by atoms with van der Waals surface area (Å²) in [5, 5.41) is 2.83. The average Bonchev–Trinajstić information content (AvgIpc) is 2.16. The van der Waals surface area contributed by atoms with Gasteiger partial charge in [-0.05, 0) is 20.8 Å². The van der Waals surface area contributed by atoms with Crippen LogP contribution in [0.3, 0.4) is 0 Å². The van der Waals surface area contributed by atoms with E-state index in [4.69, 9.17) is 0 Å². The number of hydrogen-bond acceptors (Lipinski definition) is 2. The minimum atomic E-state index is -0.479. The topological polar surface area (TPSA) is 47.9 Å². The predicted molar refractivity (Wildman–Crippen MR) is 72.1 cm³/mol. The molecule has 0 saturated heterocycles. The zero-order valence-electron chi connectivity index (χ0n) is 12.2. The first-order chi connectivity index (χ1) is 7.72. The van der Waals surface area contributed by atoms with Gasteiger partial charge in [0.2, 0.25) is 5.91 Å². The lowest BCUT2D eigenvalue weighted by Gasteiger charge is -2.26. The molecule has 0 radical (unpaired) electrons. The Labute approximate surface area is 105 Å². The van der Waals surface area contributed by atoms with E-state index in [2.05, 4.69) is 10.3 Å². The van der Waals surface area contributed by atoms with Gasteiger partial charge in [-0.25, -0.2) is 0 Å². The molecule has 0 heterocycles. The zero-order valence-corrected chi connectivity index (χ0v) is 12.2. The van der Waals surface area contributed by atoms with Crippen LogP contribution in [0.2, 0.25) is 0 Å². The maximum Gasteiger partial charge on any atom is 0.227 e.